The predicted octanol–water partition coefficient (Wildman–Crippen LogP) is 8.43. The van der Waals surface area contributed by atoms with Crippen molar-refractivity contribution in [3.63, 3.8) is 0 Å². The van der Waals surface area contributed by atoms with E-state index < -0.39 is 49.5 Å². The van der Waals surface area contributed by atoms with Gasteiger partial charge in [0.05, 0.1) is 12.9 Å². The van der Waals surface area contributed by atoms with Gasteiger partial charge in [-0.2, -0.15) is 4.98 Å². The molecule has 1 aliphatic rings. The van der Waals surface area contributed by atoms with E-state index in [4.69, 9.17) is 23.0 Å². The number of aromatic nitrogens is 4. The Morgan fingerprint density at radius 1 is 0.833 bits per heavy atom. The van der Waals surface area contributed by atoms with Crippen molar-refractivity contribution in [2.24, 2.45) is 0 Å². The number of benzene rings is 1. The van der Waals surface area contributed by atoms with Crippen molar-refractivity contribution in [3.8, 4) is 0 Å². The third-order valence-electron chi connectivity index (χ3n) is 11.2. The van der Waals surface area contributed by atoms with Crippen LogP contribution in [0.5, 0.6) is 0 Å². The lowest BCUT2D eigenvalue weighted by molar-refractivity contribution is -0.0470. The molecule has 1 aromatic carbocycles. The van der Waals surface area contributed by atoms with E-state index in [-0.39, 0.29) is 26.2 Å². The number of H-pyrrole nitrogens is 1. The third kappa shape index (κ3) is 8.24. The first kappa shape index (κ1) is 38.7. The molecule has 48 heavy (non-hydrogen) atoms. The molecular weight excluding hydrogens is 655 g/mol. The molecule has 2 N–H and O–H groups in total. The molecule has 0 saturated carbocycles. The number of fused-ring (bicyclic) bond motifs is 1. The van der Waals surface area contributed by atoms with Gasteiger partial charge < -0.3 is 23.3 Å². The third-order valence-corrected chi connectivity index (χ3v) is 24.6. The van der Waals surface area contributed by atoms with Gasteiger partial charge in [-0.05, 0) is 60.0 Å². The predicted molar refractivity (Wildman–Crippen MR) is 203 cm³/mol. The van der Waals surface area contributed by atoms with Crippen LogP contribution in [0.1, 0.15) is 74.1 Å². The quantitative estimate of drug-likeness (QED) is 0.190. The molecule has 268 valence electrons. The maximum Gasteiger partial charge on any atom is 0.280 e. The van der Waals surface area contributed by atoms with Crippen molar-refractivity contribution < 1.29 is 18.0 Å². The number of ether oxygens (including phenoxy) is 1. The summed E-state index contributed by atoms with van der Waals surface area (Å²) in [4.78, 5) is 25.6. The van der Waals surface area contributed by atoms with Crippen LogP contribution in [0, 0.1) is 0 Å². The number of hydrogen-bond acceptors (Lipinski definition) is 8. The smallest absolute Gasteiger partial charge is 0.280 e. The van der Waals surface area contributed by atoms with Crippen molar-refractivity contribution in [3.05, 3.63) is 52.6 Å². The monoisotopic (exact) mass is 715 g/mol. The summed E-state index contributed by atoms with van der Waals surface area (Å²) in [6.07, 6.45) is -0.260. The molecule has 0 amide bonds. The fourth-order valence-electron chi connectivity index (χ4n) is 4.85. The Labute approximate surface area is 291 Å². The number of nitrogens with zero attached hydrogens (tertiary/aromatic N) is 3. The first-order valence-corrected chi connectivity index (χ1v) is 26.0. The van der Waals surface area contributed by atoms with Crippen molar-refractivity contribution in [1.82, 2.24) is 19.5 Å². The first-order chi connectivity index (χ1) is 21.8. The zero-order valence-corrected chi connectivity index (χ0v) is 35.1. The van der Waals surface area contributed by atoms with Crippen LogP contribution in [0.2, 0.25) is 54.4 Å². The highest BCUT2D eigenvalue weighted by Crippen LogP contribution is 2.47. The van der Waals surface area contributed by atoms with Crippen LogP contribution in [0.4, 0.5) is 5.95 Å². The molecule has 0 bridgehead atoms. The van der Waals surface area contributed by atoms with E-state index in [0.717, 1.165) is 5.56 Å². The highest BCUT2D eigenvalue weighted by molar-refractivity contribution is 6.75. The normalized spacial score (nSPS) is 21.6. The van der Waals surface area contributed by atoms with Crippen molar-refractivity contribution in [2.75, 3.05) is 11.9 Å². The van der Waals surface area contributed by atoms with E-state index in [2.05, 4.69) is 117 Å². The molecule has 4 unspecified atom stereocenters. The maximum absolute atomic E-state index is 13.3. The molecule has 0 spiro atoms. The van der Waals surface area contributed by atoms with Gasteiger partial charge in [-0.25, -0.2) is 4.98 Å². The summed E-state index contributed by atoms with van der Waals surface area (Å²) in [6.45, 7) is 34.7. The van der Waals surface area contributed by atoms with Gasteiger partial charge in [-0.3, -0.25) is 14.3 Å². The average Bonchev–Trinajstić information content (AvgIpc) is 3.50. The average molecular weight is 716 g/mol. The van der Waals surface area contributed by atoms with E-state index in [0.29, 0.717) is 24.7 Å². The Morgan fingerprint density at radius 3 is 1.92 bits per heavy atom. The molecule has 4 rings (SSSR count). The van der Waals surface area contributed by atoms with Crippen molar-refractivity contribution in [2.45, 2.75) is 148 Å². The van der Waals surface area contributed by atoms with Gasteiger partial charge in [-0.15, -0.1) is 0 Å². The lowest BCUT2D eigenvalue weighted by atomic mass is 10.1. The summed E-state index contributed by atoms with van der Waals surface area (Å²) in [7, 11) is -6.79. The second kappa shape index (κ2) is 13.5. The highest BCUT2D eigenvalue weighted by atomic mass is 28.4. The Morgan fingerprint density at radius 2 is 1.38 bits per heavy atom. The second-order valence-corrected chi connectivity index (χ2v) is 32.2. The summed E-state index contributed by atoms with van der Waals surface area (Å²) < 4.78 is 30.3. The van der Waals surface area contributed by atoms with Gasteiger partial charge in [-0.1, -0.05) is 92.6 Å². The van der Waals surface area contributed by atoms with Crippen LogP contribution < -0.4 is 10.9 Å². The fourth-order valence-corrected chi connectivity index (χ4v) is 8.47. The zero-order valence-electron chi connectivity index (χ0n) is 32.1. The van der Waals surface area contributed by atoms with Crippen molar-refractivity contribution >= 4 is 42.1 Å². The number of rotatable bonds is 11. The molecular formula is C35H61N5O5Si3. The topological polar surface area (TPSA) is 113 Å². The van der Waals surface area contributed by atoms with Gasteiger partial charge in [0.2, 0.25) is 5.95 Å². The number of hydrogen-bond donors (Lipinski definition) is 2. The standard InChI is InChI=1S/C35H61N5O5Si3/c1-33(2,3)46(10,11)42-22-25-27(44-47(12,13)34(4,5)6)28(45-48(14,15)35(7,8)9)31(43-25)40-23-37-26-29(40)38-32(39-30(26)41)36-21-24-19-17-16-18-20-24/h16-20,23,25,27-28,31H,21-22H2,1-15H3,(H2,36,38,39,41). The molecule has 2 aromatic heterocycles. The maximum atomic E-state index is 13.3. The SMILES string of the molecule is CC(C)(C)[Si](C)(C)OCC1OC(n2cnc3c(=O)[nH]c(NCc4ccccc4)nc32)C(O[Si](C)(C)C(C)(C)C)C1O[Si](C)(C)C(C)(C)C. The molecule has 3 aromatic rings. The van der Waals surface area contributed by atoms with E-state index in [9.17, 15) is 4.79 Å². The molecule has 4 atom stereocenters. The van der Waals surface area contributed by atoms with Crippen molar-refractivity contribution in [1.29, 1.82) is 0 Å². The van der Waals surface area contributed by atoms with Gasteiger partial charge in [0.15, 0.2) is 42.3 Å². The van der Waals surface area contributed by atoms with Gasteiger partial charge in [0.1, 0.15) is 18.3 Å². The van der Waals surface area contributed by atoms with E-state index in [1.54, 1.807) is 6.33 Å². The summed E-state index contributed by atoms with van der Waals surface area (Å²) in [6, 6.07) is 10.00. The Kier molecular flexibility index (Phi) is 10.9. The zero-order chi connectivity index (χ0) is 36.1. The summed E-state index contributed by atoms with van der Waals surface area (Å²) in [5, 5.41) is 3.22. The van der Waals surface area contributed by atoms with Crippen LogP contribution in [-0.4, -0.2) is 69.4 Å². The van der Waals surface area contributed by atoms with Crippen LogP contribution in [-0.2, 0) is 24.6 Å². The summed E-state index contributed by atoms with van der Waals surface area (Å²) >= 11 is 0. The van der Waals surface area contributed by atoms with Crippen LogP contribution >= 0.6 is 0 Å². The number of aromatic amines is 1. The molecule has 1 aliphatic heterocycles. The lowest BCUT2D eigenvalue weighted by Crippen LogP contribution is -2.54. The molecule has 10 nitrogen and oxygen atoms in total. The van der Waals surface area contributed by atoms with Crippen LogP contribution in [0.3, 0.4) is 0 Å². The highest BCUT2D eigenvalue weighted by Gasteiger charge is 2.55. The second-order valence-electron chi connectivity index (χ2n) is 17.9. The Balaban J connectivity index is 1.82. The molecule has 1 saturated heterocycles. The van der Waals surface area contributed by atoms with E-state index in [1.807, 2.05) is 34.9 Å². The van der Waals surface area contributed by atoms with E-state index >= 15 is 0 Å². The molecule has 3 heterocycles. The van der Waals surface area contributed by atoms with Gasteiger partial charge in [0, 0.05) is 6.54 Å². The lowest BCUT2D eigenvalue weighted by Gasteiger charge is -2.44. The summed E-state index contributed by atoms with van der Waals surface area (Å²) in [5.74, 6) is 0.366. The largest absolute Gasteiger partial charge is 0.414 e. The molecule has 0 radical (unpaired) electrons. The number of nitrogens with one attached hydrogen (secondary N) is 2. The fraction of sp³-hybridized carbons (Fsp3) is 0.686. The minimum atomic E-state index is -2.36. The van der Waals surface area contributed by atoms with Gasteiger partial charge >= 0.3 is 0 Å². The molecule has 0 aliphatic carbocycles. The molecule has 13 heteroatoms. The molecule has 1 fully saturated rings. The first-order valence-electron chi connectivity index (χ1n) is 17.2. The minimum absolute atomic E-state index is 0.0342. The Hall–Kier alpha value is -2.14. The van der Waals surface area contributed by atoms with Crippen LogP contribution in [0.25, 0.3) is 11.2 Å². The Bertz CT molecular complexity index is 1600. The number of anilines is 1. The van der Waals surface area contributed by atoms with E-state index in [1.165, 1.54) is 0 Å². The number of imidazole rings is 1. The van der Waals surface area contributed by atoms with Gasteiger partial charge in [0.25, 0.3) is 5.56 Å². The summed E-state index contributed by atoms with van der Waals surface area (Å²) in [5.41, 5.74) is 1.44. The van der Waals surface area contributed by atoms with Crippen LogP contribution in [0.15, 0.2) is 41.5 Å². The minimum Gasteiger partial charge on any atom is -0.414 e.